The van der Waals surface area contributed by atoms with Gasteiger partial charge in [0.25, 0.3) is 0 Å². The summed E-state index contributed by atoms with van der Waals surface area (Å²) in [5.41, 5.74) is -0.113. The standard InChI is InChI=1S/C43H61NO12/c1-8-10-12-22-43(23-13-11-9-2)54-33-25-30(38(48)44-31(26-45)19-21-35(47)55-41(3,4)5)24-32(36(33)56-43)52-39(49)29-17-14-28(15-18-29)16-20-34(46)53-37-40(50)51-27-42(37,6)7/h14-18,20,25,31-33,36-37,45H,8-13,19,21-24,26-27H2,1-7H3,(H,44,48)/t31-,32+,33+,36-,37-/m0/s1. The highest BCUT2D eigenvalue weighted by Crippen LogP contribution is 2.43. The Kier molecular flexibility index (Phi) is 15.8. The Morgan fingerprint density at radius 1 is 0.982 bits per heavy atom. The number of rotatable bonds is 19. The number of cyclic esters (lactones) is 1. The molecule has 56 heavy (non-hydrogen) atoms. The second kappa shape index (κ2) is 19.9. The zero-order valence-corrected chi connectivity index (χ0v) is 34.1. The van der Waals surface area contributed by atoms with Gasteiger partial charge in [-0.2, -0.15) is 0 Å². The molecule has 2 aliphatic heterocycles. The molecule has 13 heteroatoms. The van der Waals surface area contributed by atoms with Gasteiger partial charge in [-0.1, -0.05) is 65.5 Å². The monoisotopic (exact) mass is 783 g/mol. The lowest BCUT2D eigenvalue weighted by Crippen LogP contribution is -2.45. The summed E-state index contributed by atoms with van der Waals surface area (Å²) in [7, 11) is 0. The predicted molar refractivity (Wildman–Crippen MR) is 207 cm³/mol. The van der Waals surface area contributed by atoms with Gasteiger partial charge in [0.2, 0.25) is 12.0 Å². The minimum Gasteiger partial charge on any atom is -0.462 e. The van der Waals surface area contributed by atoms with E-state index in [1.807, 2.05) is 0 Å². The molecule has 0 unspecified atom stereocenters. The van der Waals surface area contributed by atoms with Crippen molar-refractivity contribution in [2.24, 2.45) is 5.41 Å². The van der Waals surface area contributed by atoms with E-state index in [1.165, 1.54) is 12.2 Å². The summed E-state index contributed by atoms with van der Waals surface area (Å²) in [4.78, 5) is 64.1. The first kappa shape index (κ1) is 44.6. The van der Waals surface area contributed by atoms with Gasteiger partial charge in [-0.25, -0.2) is 14.4 Å². The Morgan fingerprint density at radius 3 is 2.21 bits per heavy atom. The largest absolute Gasteiger partial charge is 0.462 e. The summed E-state index contributed by atoms with van der Waals surface area (Å²) in [6.07, 6.45) is 8.66. The number of esters is 4. The van der Waals surface area contributed by atoms with Crippen molar-refractivity contribution in [3.63, 3.8) is 0 Å². The van der Waals surface area contributed by atoms with E-state index < -0.39 is 77.0 Å². The maximum atomic E-state index is 13.7. The number of benzene rings is 1. The molecule has 0 saturated carbocycles. The molecule has 0 aromatic heterocycles. The molecule has 5 atom stereocenters. The number of amides is 1. The first-order valence-corrected chi connectivity index (χ1v) is 20.0. The van der Waals surface area contributed by atoms with E-state index in [2.05, 4.69) is 19.2 Å². The van der Waals surface area contributed by atoms with Crippen LogP contribution in [0.4, 0.5) is 0 Å². The fraction of sp³-hybridized carbons (Fsp3) is 0.651. The van der Waals surface area contributed by atoms with E-state index >= 15 is 0 Å². The molecule has 3 aliphatic rings. The minimum absolute atomic E-state index is 0.00959. The van der Waals surface area contributed by atoms with Crippen LogP contribution in [0.3, 0.4) is 0 Å². The molecular weight excluding hydrogens is 722 g/mol. The number of hydrogen-bond acceptors (Lipinski definition) is 12. The number of carbonyl (C=O) groups is 5. The van der Waals surface area contributed by atoms with Crippen molar-refractivity contribution in [1.82, 2.24) is 5.32 Å². The third-order valence-electron chi connectivity index (χ3n) is 10.0. The van der Waals surface area contributed by atoms with Gasteiger partial charge in [-0.15, -0.1) is 0 Å². The second-order valence-corrected chi connectivity index (χ2v) is 16.7. The first-order valence-electron chi connectivity index (χ1n) is 20.0. The quantitative estimate of drug-likeness (QED) is 0.0696. The molecule has 1 aliphatic carbocycles. The van der Waals surface area contributed by atoms with Crippen molar-refractivity contribution in [3.8, 4) is 0 Å². The van der Waals surface area contributed by atoms with Gasteiger partial charge in [0.05, 0.1) is 18.2 Å². The molecule has 1 amide bonds. The average Bonchev–Trinajstić information content (AvgIpc) is 3.63. The van der Waals surface area contributed by atoms with Crippen LogP contribution in [0.25, 0.3) is 6.08 Å². The van der Waals surface area contributed by atoms with E-state index in [0.29, 0.717) is 24.0 Å². The van der Waals surface area contributed by atoms with Crippen LogP contribution in [0, 0.1) is 5.41 Å². The molecule has 2 fully saturated rings. The minimum atomic E-state index is -0.995. The maximum absolute atomic E-state index is 13.7. The van der Waals surface area contributed by atoms with Crippen LogP contribution in [0.2, 0.25) is 0 Å². The molecular formula is C43H61NO12. The summed E-state index contributed by atoms with van der Waals surface area (Å²) in [5, 5.41) is 12.9. The lowest BCUT2D eigenvalue weighted by atomic mass is 9.90. The Morgan fingerprint density at radius 2 is 1.64 bits per heavy atom. The third kappa shape index (κ3) is 12.7. The van der Waals surface area contributed by atoms with Crippen molar-refractivity contribution in [2.45, 2.75) is 161 Å². The fourth-order valence-electron chi connectivity index (χ4n) is 6.96. The lowest BCUT2D eigenvalue weighted by molar-refractivity contribution is -0.190. The first-order chi connectivity index (χ1) is 26.5. The third-order valence-corrected chi connectivity index (χ3v) is 10.0. The van der Waals surface area contributed by atoms with Gasteiger partial charge in [-0.3, -0.25) is 9.59 Å². The van der Waals surface area contributed by atoms with Gasteiger partial charge in [0.15, 0.2) is 5.79 Å². The van der Waals surface area contributed by atoms with Gasteiger partial charge < -0.3 is 38.8 Å². The maximum Gasteiger partial charge on any atom is 0.348 e. The molecule has 13 nitrogen and oxygen atoms in total. The van der Waals surface area contributed by atoms with E-state index in [9.17, 15) is 29.1 Å². The molecule has 0 spiro atoms. The van der Waals surface area contributed by atoms with Crippen molar-refractivity contribution in [3.05, 3.63) is 53.1 Å². The Bertz CT molecular complexity index is 1580. The highest BCUT2D eigenvalue weighted by molar-refractivity contribution is 5.95. The Labute approximate surface area is 330 Å². The molecule has 0 radical (unpaired) electrons. The number of nitrogens with one attached hydrogen (secondary N) is 1. The van der Waals surface area contributed by atoms with Crippen LogP contribution < -0.4 is 5.32 Å². The van der Waals surface area contributed by atoms with Crippen LogP contribution in [0.1, 0.15) is 135 Å². The molecule has 2 heterocycles. The molecule has 310 valence electrons. The second-order valence-electron chi connectivity index (χ2n) is 16.7. The van der Waals surface area contributed by atoms with Crippen LogP contribution in [0.5, 0.6) is 0 Å². The predicted octanol–water partition coefficient (Wildman–Crippen LogP) is 6.29. The molecule has 0 bridgehead atoms. The SMILES string of the molecule is CCCCCC1(CCCCC)O[C@@H]2[C@@H](C=C(C(=O)N[C@H](CO)CCC(=O)OC(C)(C)C)C[C@H]2OC(=O)c2ccc(C=CC(=O)O[C@H]3C(=O)OCC3(C)C)cc2)O1. The molecule has 2 N–H and O–H groups in total. The number of fused-ring (bicyclic) bond motifs is 1. The van der Waals surface area contributed by atoms with Crippen LogP contribution >= 0.6 is 0 Å². The van der Waals surface area contributed by atoms with Gasteiger partial charge in [-0.05, 0) is 69.9 Å². The van der Waals surface area contributed by atoms with Crippen molar-refractivity contribution >= 4 is 35.9 Å². The van der Waals surface area contributed by atoms with E-state index in [4.69, 9.17) is 28.4 Å². The van der Waals surface area contributed by atoms with Crippen molar-refractivity contribution in [2.75, 3.05) is 13.2 Å². The van der Waals surface area contributed by atoms with E-state index in [-0.39, 0.29) is 38.0 Å². The summed E-state index contributed by atoms with van der Waals surface area (Å²) in [5.74, 6) is -3.69. The average molecular weight is 784 g/mol. The topological polar surface area (TPSA) is 173 Å². The highest BCUT2D eigenvalue weighted by Gasteiger charge is 2.52. The number of unbranched alkanes of at least 4 members (excludes halogenated alkanes) is 4. The smallest absolute Gasteiger partial charge is 0.348 e. The van der Waals surface area contributed by atoms with E-state index in [1.54, 1.807) is 65.0 Å². The fourth-order valence-corrected chi connectivity index (χ4v) is 6.96. The van der Waals surface area contributed by atoms with E-state index in [0.717, 1.165) is 38.5 Å². The number of hydrogen-bond donors (Lipinski definition) is 2. The summed E-state index contributed by atoms with van der Waals surface area (Å²) >= 11 is 0. The number of ether oxygens (including phenoxy) is 6. The summed E-state index contributed by atoms with van der Waals surface area (Å²) < 4.78 is 35.2. The molecule has 1 aromatic carbocycles. The van der Waals surface area contributed by atoms with Crippen molar-refractivity contribution < 1.29 is 57.5 Å². The van der Waals surface area contributed by atoms with Crippen molar-refractivity contribution in [1.29, 1.82) is 0 Å². The summed E-state index contributed by atoms with van der Waals surface area (Å²) in [6, 6.07) is 5.71. The van der Waals surface area contributed by atoms with Crippen LogP contribution in [-0.2, 0) is 47.6 Å². The Hall–Kier alpha value is -4.07. The molecule has 2 saturated heterocycles. The normalized spacial score (nSPS) is 23.1. The molecule has 4 rings (SSSR count). The number of aliphatic hydroxyl groups excluding tert-OH is 1. The van der Waals surface area contributed by atoms with Gasteiger partial charge in [0.1, 0.15) is 30.5 Å². The van der Waals surface area contributed by atoms with Crippen LogP contribution in [-0.4, -0.2) is 90.0 Å². The zero-order chi connectivity index (χ0) is 41.1. The highest BCUT2D eigenvalue weighted by atomic mass is 16.8. The molecule has 1 aromatic rings. The Balaban J connectivity index is 1.49. The number of aliphatic hydroxyl groups is 1. The summed E-state index contributed by atoms with van der Waals surface area (Å²) in [6.45, 7) is 12.9. The van der Waals surface area contributed by atoms with Gasteiger partial charge >= 0.3 is 23.9 Å². The zero-order valence-electron chi connectivity index (χ0n) is 34.1. The number of carbonyl (C=O) groups excluding carboxylic acids is 5. The lowest BCUT2D eigenvalue weighted by Gasteiger charge is -2.31. The van der Waals surface area contributed by atoms with Crippen LogP contribution in [0.15, 0.2) is 42.0 Å². The van der Waals surface area contributed by atoms with Gasteiger partial charge in [0, 0.05) is 42.7 Å².